The Morgan fingerprint density at radius 2 is 1.65 bits per heavy atom. The van der Waals surface area contributed by atoms with Gasteiger partial charge < -0.3 is 9.80 Å². The second-order valence-corrected chi connectivity index (χ2v) is 9.23. The van der Waals surface area contributed by atoms with Crippen molar-refractivity contribution in [1.29, 1.82) is 0 Å². The van der Waals surface area contributed by atoms with Gasteiger partial charge in [-0.2, -0.15) is 0 Å². The van der Waals surface area contributed by atoms with Crippen LogP contribution in [-0.4, -0.2) is 42.0 Å². The van der Waals surface area contributed by atoms with E-state index < -0.39 is 0 Å². The van der Waals surface area contributed by atoms with E-state index in [0.29, 0.717) is 36.8 Å². The number of fused-ring (bicyclic) bond motifs is 1. The van der Waals surface area contributed by atoms with Gasteiger partial charge in [-0.3, -0.25) is 4.79 Å². The molecule has 0 radical (unpaired) electrons. The molecule has 0 saturated carbocycles. The third kappa shape index (κ3) is 4.36. The summed E-state index contributed by atoms with van der Waals surface area (Å²) in [5.74, 6) is -0.278. The van der Waals surface area contributed by atoms with Crippen LogP contribution in [0.3, 0.4) is 0 Å². The average Bonchev–Trinajstić information content (AvgIpc) is 2.84. The first kappa shape index (κ1) is 22.4. The third-order valence-electron chi connectivity index (χ3n) is 6.42. The van der Waals surface area contributed by atoms with Crippen LogP contribution in [0.1, 0.15) is 21.5 Å². The van der Waals surface area contributed by atoms with Crippen molar-refractivity contribution >= 4 is 34.1 Å². The number of carbonyl (C=O) groups is 1. The molecule has 2 heterocycles. The van der Waals surface area contributed by atoms with Gasteiger partial charge in [-0.1, -0.05) is 35.4 Å². The quantitative estimate of drug-likeness (QED) is 0.351. The highest BCUT2D eigenvalue weighted by Crippen LogP contribution is 2.30. The fourth-order valence-corrected chi connectivity index (χ4v) is 4.78. The normalized spacial score (nSPS) is 14.0. The van der Waals surface area contributed by atoms with Crippen LogP contribution < -0.4 is 4.90 Å². The van der Waals surface area contributed by atoms with Gasteiger partial charge >= 0.3 is 0 Å². The molecule has 4 nitrogen and oxygen atoms in total. The SMILES string of the molecule is Cc1ccc(-c2cc(C(=O)N3CCN(c4ccc(F)cc4)CC3)c3cc(Cl)ccc3n2)c(C)c1. The van der Waals surface area contributed by atoms with Gasteiger partial charge in [-0.15, -0.1) is 0 Å². The van der Waals surface area contributed by atoms with Crippen molar-refractivity contribution in [2.24, 2.45) is 0 Å². The minimum absolute atomic E-state index is 0.0283. The number of aromatic nitrogens is 1. The van der Waals surface area contributed by atoms with Crippen molar-refractivity contribution in [3.05, 3.63) is 94.3 Å². The molecule has 3 aromatic carbocycles. The lowest BCUT2D eigenvalue weighted by molar-refractivity contribution is 0.0748. The molecule has 0 spiro atoms. The Labute approximate surface area is 203 Å². The van der Waals surface area contributed by atoms with E-state index in [1.807, 2.05) is 23.1 Å². The van der Waals surface area contributed by atoms with E-state index in [2.05, 4.69) is 36.9 Å². The number of halogens is 2. The monoisotopic (exact) mass is 473 g/mol. The molecule has 1 amide bonds. The number of amides is 1. The summed E-state index contributed by atoms with van der Waals surface area (Å²) in [6, 6.07) is 20.1. The maximum atomic E-state index is 13.7. The van der Waals surface area contributed by atoms with Crippen LogP contribution in [0.15, 0.2) is 66.7 Å². The Balaban J connectivity index is 1.48. The second kappa shape index (κ2) is 9.07. The number of aryl methyl sites for hydroxylation is 2. The first-order valence-electron chi connectivity index (χ1n) is 11.4. The lowest BCUT2D eigenvalue weighted by Gasteiger charge is -2.36. The van der Waals surface area contributed by atoms with Crippen LogP contribution in [0, 0.1) is 19.7 Å². The van der Waals surface area contributed by atoms with Gasteiger partial charge in [0.25, 0.3) is 5.91 Å². The Morgan fingerprint density at radius 3 is 2.35 bits per heavy atom. The molecule has 1 fully saturated rings. The van der Waals surface area contributed by atoms with Gasteiger partial charge in [0.2, 0.25) is 0 Å². The van der Waals surface area contributed by atoms with E-state index >= 15 is 0 Å². The van der Waals surface area contributed by atoms with Crippen LogP contribution in [0.2, 0.25) is 5.02 Å². The van der Waals surface area contributed by atoms with Crippen LogP contribution in [0.4, 0.5) is 10.1 Å². The summed E-state index contributed by atoms with van der Waals surface area (Å²) in [6.07, 6.45) is 0. The lowest BCUT2D eigenvalue weighted by Crippen LogP contribution is -2.48. The molecule has 0 bridgehead atoms. The highest BCUT2D eigenvalue weighted by Gasteiger charge is 2.25. The first-order chi connectivity index (χ1) is 16.4. The predicted molar refractivity (Wildman–Crippen MR) is 136 cm³/mol. The molecular weight excluding hydrogens is 449 g/mol. The molecule has 34 heavy (non-hydrogen) atoms. The van der Waals surface area contributed by atoms with E-state index in [-0.39, 0.29) is 11.7 Å². The zero-order valence-electron chi connectivity index (χ0n) is 19.2. The van der Waals surface area contributed by atoms with Crippen molar-refractivity contribution in [2.45, 2.75) is 13.8 Å². The zero-order valence-corrected chi connectivity index (χ0v) is 19.9. The molecule has 172 valence electrons. The average molecular weight is 474 g/mol. The molecule has 1 aliphatic heterocycles. The molecule has 4 aromatic rings. The Bertz CT molecular complexity index is 1380. The second-order valence-electron chi connectivity index (χ2n) is 8.79. The van der Waals surface area contributed by atoms with E-state index in [0.717, 1.165) is 33.4 Å². The molecule has 0 atom stereocenters. The van der Waals surface area contributed by atoms with Crippen molar-refractivity contribution in [3.8, 4) is 11.3 Å². The fourth-order valence-electron chi connectivity index (χ4n) is 4.60. The number of rotatable bonds is 3. The summed E-state index contributed by atoms with van der Waals surface area (Å²) in [7, 11) is 0. The summed E-state index contributed by atoms with van der Waals surface area (Å²) >= 11 is 6.29. The molecule has 0 unspecified atom stereocenters. The number of nitrogens with zero attached hydrogens (tertiary/aromatic N) is 3. The topological polar surface area (TPSA) is 36.4 Å². The van der Waals surface area contributed by atoms with Crippen LogP contribution in [0.5, 0.6) is 0 Å². The van der Waals surface area contributed by atoms with Crippen LogP contribution in [0.25, 0.3) is 22.2 Å². The van der Waals surface area contributed by atoms with Crippen molar-refractivity contribution in [3.63, 3.8) is 0 Å². The number of benzene rings is 3. The first-order valence-corrected chi connectivity index (χ1v) is 11.7. The number of anilines is 1. The maximum Gasteiger partial charge on any atom is 0.254 e. The van der Waals surface area contributed by atoms with E-state index in [4.69, 9.17) is 16.6 Å². The summed E-state index contributed by atoms with van der Waals surface area (Å²) < 4.78 is 13.3. The lowest BCUT2D eigenvalue weighted by atomic mass is 9.99. The highest BCUT2D eigenvalue weighted by atomic mass is 35.5. The predicted octanol–water partition coefficient (Wildman–Crippen LogP) is 6.27. The Kier molecular flexibility index (Phi) is 5.96. The van der Waals surface area contributed by atoms with Crippen molar-refractivity contribution in [2.75, 3.05) is 31.1 Å². The Morgan fingerprint density at radius 1 is 0.912 bits per heavy atom. The minimum Gasteiger partial charge on any atom is -0.368 e. The summed E-state index contributed by atoms with van der Waals surface area (Å²) in [6.45, 7) is 6.66. The van der Waals surface area contributed by atoms with Gasteiger partial charge in [-0.05, 0) is 67.9 Å². The summed E-state index contributed by atoms with van der Waals surface area (Å²) in [5, 5.41) is 1.33. The largest absolute Gasteiger partial charge is 0.368 e. The van der Waals surface area contributed by atoms with Gasteiger partial charge in [0.05, 0.1) is 16.8 Å². The fraction of sp³-hybridized carbons (Fsp3) is 0.214. The van der Waals surface area contributed by atoms with Gasteiger partial charge in [0.1, 0.15) is 5.82 Å². The van der Waals surface area contributed by atoms with E-state index in [9.17, 15) is 9.18 Å². The van der Waals surface area contributed by atoms with E-state index in [1.165, 1.54) is 17.7 Å². The molecular formula is C28H25ClFN3O. The van der Waals surface area contributed by atoms with Gasteiger partial charge in [0.15, 0.2) is 0 Å². The number of piperazine rings is 1. The Hall–Kier alpha value is -3.44. The highest BCUT2D eigenvalue weighted by molar-refractivity contribution is 6.31. The number of carbonyl (C=O) groups excluding carboxylic acids is 1. The number of pyridine rings is 1. The van der Waals surface area contributed by atoms with Crippen LogP contribution >= 0.6 is 11.6 Å². The molecule has 1 aliphatic rings. The molecule has 6 heteroatoms. The summed E-state index contributed by atoms with van der Waals surface area (Å²) in [5.41, 5.74) is 6.41. The maximum absolute atomic E-state index is 13.7. The number of hydrogen-bond donors (Lipinski definition) is 0. The van der Waals surface area contributed by atoms with E-state index in [1.54, 1.807) is 18.2 Å². The molecule has 0 N–H and O–H groups in total. The smallest absolute Gasteiger partial charge is 0.254 e. The van der Waals surface area contributed by atoms with Gasteiger partial charge in [0, 0.05) is 47.8 Å². The third-order valence-corrected chi connectivity index (χ3v) is 6.65. The van der Waals surface area contributed by atoms with Crippen molar-refractivity contribution < 1.29 is 9.18 Å². The van der Waals surface area contributed by atoms with Crippen molar-refractivity contribution in [1.82, 2.24) is 9.88 Å². The summed E-state index contributed by atoms with van der Waals surface area (Å²) in [4.78, 5) is 22.6. The number of hydrogen-bond acceptors (Lipinski definition) is 3. The van der Waals surface area contributed by atoms with Gasteiger partial charge in [-0.25, -0.2) is 9.37 Å². The molecule has 1 saturated heterocycles. The standard InChI is InChI=1S/C28H25ClFN3O/c1-18-3-9-23(19(2)15-18)27-17-25(24-16-20(29)4-10-26(24)31-27)28(34)33-13-11-32(12-14-33)22-7-5-21(30)6-8-22/h3-10,15-17H,11-14H2,1-2H3. The molecule has 5 rings (SSSR count). The molecule has 0 aliphatic carbocycles. The molecule has 1 aromatic heterocycles. The zero-order chi connectivity index (χ0) is 23.8. The van der Waals surface area contributed by atoms with Crippen LogP contribution in [-0.2, 0) is 0 Å². The minimum atomic E-state index is -0.250.